The highest BCUT2D eigenvalue weighted by molar-refractivity contribution is 6.07. The van der Waals surface area contributed by atoms with Crippen LogP contribution in [0, 0.1) is 6.92 Å². The number of nitrogens with zero attached hydrogens (tertiary/aromatic N) is 4. The fraction of sp³-hybridized carbons (Fsp3) is 0.385. The highest BCUT2D eigenvalue weighted by Crippen LogP contribution is 2.17. The summed E-state index contributed by atoms with van der Waals surface area (Å²) >= 11 is 0. The van der Waals surface area contributed by atoms with Gasteiger partial charge in [-0.05, 0) is 13.8 Å². The Morgan fingerprint density at radius 3 is 2.62 bits per heavy atom. The van der Waals surface area contributed by atoms with Crippen molar-refractivity contribution in [3.05, 3.63) is 29.2 Å². The summed E-state index contributed by atoms with van der Waals surface area (Å²) in [5.74, 6) is -0.583. The van der Waals surface area contributed by atoms with Gasteiger partial charge in [-0.15, -0.1) is 0 Å². The van der Waals surface area contributed by atoms with Gasteiger partial charge in [-0.3, -0.25) is 14.2 Å². The molecule has 8 heteroatoms. The Bertz CT molecular complexity index is 686. The summed E-state index contributed by atoms with van der Waals surface area (Å²) in [6, 6.07) is 0. The zero-order chi connectivity index (χ0) is 15.6. The summed E-state index contributed by atoms with van der Waals surface area (Å²) in [7, 11) is 3.37. The summed E-state index contributed by atoms with van der Waals surface area (Å²) in [5, 5.41) is 10.8. The number of anilines is 1. The van der Waals surface area contributed by atoms with E-state index in [9.17, 15) is 9.59 Å². The fourth-order valence-electron chi connectivity index (χ4n) is 1.94. The van der Waals surface area contributed by atoms with Gasteiger partial charge in [0.15, 0.2) is 0 Å². The highest BCUT2D eigenvalue weighted by atomic mass is 16.5. The van der Waals surface area contributed by atoms with E-state index in [2.05, 4.69) is 15.5 Å². The molecule has 0 bridgehead atoms. The Hall–Kier alpha value is -2.64. The van der Waals surface area contributed by atoms with E-state index in [-0.39, 0.29) is 18.1 Å². The van der Waals surface area contributed by atoms with Crippen molar-refractivity contribution in [2.75, 3.05) is 11.9 Å². The fourth-order valence-corrected chi connectivity index (χ4v) is 1.94. The third kappa shape index (κ3) is 2.93. The van der Waals surface area contributed by atoms with Crippen molar-refractivity contribution >= 4 is 17.7 Å². The smallest absolute Gasteiger partial charge is 0.343 e. The summed E-state index contributed by atoms with van der Waals surface area (Å²) in [5.41, 5.74) is 1.26. The standard InChI is InChI=1S/C13H17N5O3/c1-5-21-13(20)9-6-14-18(4)11(9)15-12(19)10-7-17(3)16-8(10)2/h6-7H,5H2,1-4H3,(H,15,19). The Morgan fingerprint density at radius 1 is 1.33 bits per heavy atom. The minimum absolute atomic E-state index is 0.217. The molecule has 0 aliphatic heterocycles. The van der Waals surface area contributed by atoms with Crippen molar-refractivity contribution in [1.29, 1.82) is 0 Å². The maximum Gasteiger partial charge on any atom is 0.343 e. The van der Waals surface area contributed by atoms with Crippen LogP contribution < -0.4 is 5.32 Å². The largest absolute Gasteiger partial charge is 0.462 e. The van der Waals surface area contributed by atoms with Crippen molar-refractivity contribution in [3.8, 4) is 0 Å². The third-order valence-corrected chi connectivity index (χ3v) is 2.92. The van der Waals surface area contributed by atoms with Crippen LogP contribution in [-0.4, -0.2) is 38.0 Å². The van der Waals surface area contributed by atoms with E-state index in [1.54, 1.807) is 38.8 Å². The molecule has 0 aromatic carbocycles. The molecular weight excluding hydrogens is 274 g/mol. The van der Waals surface area contributed by atoms with Gasteiger partial charge in [0.2, 0.25) is 0 Å². The SMILES string of the molecule is CCOC(=O)c1cnn(C)c1NC(=O)c1cn(C)nc1C. The van der Waals surface area contributed by atoms with Gasteiger partial charge in [0.05, 0.1) is 24.1 Å². The predicted octanol–water partition coefficient (Wildman–Crippen LogP) is 0.891. The number of aromatic nitrogens is 4. The van der Waals surface area contributed by atoms with Gasteiger partial charge in [0.1, 0.15) is 11.4 Å². The van der Waals surface area contributed by atoms with E-state index in [1.807, 2.05) is 0 Å². The molecule has 0 unspecified atom stereocenters. The van der Waals surface area contributed by atoms with Crippen LogP contribution in [0.5, 0.6) is 0 Å². The number of nitrogens with one attached hydrogen (secondary N) is 1. The summed E-state index contributed by atoms with van der Waals surface area (Å²) in [6.45, 7) is 3.71. The maximum atomic E-state index is 12.3. The van der Waals surface area contributed by atoms with Crippen LogP contribution in [0.15, 0.2) is 12.4 Å². The molecule has 8 nitrogen and oxygen atoms in total. The predicted molar refractivity (Wildman–Crippen MR) is 75.1 cm³/mol. The first kappa shape index (κ1) is 14.8. The Kier molecular flexibility index (Phi) is 4.06. The second kappa shape index (κ2) is 5.78. The Morgan fingerprint density at radius 2 is 2.05 bits per heavy atom. The molecule has 1 N–H and O–H groups in total. The van der Waals surface area contributed by atoms with E-state index >= 15 is 0 Å². The number of hydrogen-bond donors (Lipinski definition) is 1. The molecule has 0 saturated heterocycles. The van der Waals surface area contributed by atoms with Crippen molar-refractivity contribution in [2.45, 2.75) is 13.8 Å². The lowest BCUT2D eigenvalue weighted by Crippen LogP contribution is -2.18. The Labute approximate surface area is 121 Å². The number of aryl methyl sites for hydroxylation is 3. The molecule has 0 fully saturated rings. The van der Waals surface area contributed by atoms with Gasteiger partial charge in [-0.2, -0.15) is 10.2 Å². The monoisotopic (exact) mass is 291 g/mol. The number of carbonyl (C=O) groups is 2. The van der Waals surface area contributed by atoms with E-state index in [0.29, 0.717) is 17.1 Å². The summed E-state index contributed by atoms with van der Waals surface area (Å²) < 4.78 is 7.90. The summed E-state index contributed by atoms with van der Waals surface area (Å²) in [6.07, 6.45) is 2.98. The highest BCUT2D eigenvalue weighted by Gasteiger charge is 2.21. The number of esters is 1. The van der Waals surface area contributed by atoms with Crippen molar-refractivity contribution in [3.63, 3.8) is 0 Å². The van der Waals surface area contributed by atoms with Gasteiger partial charge in [0.25, 0.3) is 5.91 Å². The van der Waals surface area contributed by atoms with E-state index < -0.39 is 5.97 Å². The second-order valence-electron chi connectivity index (χ2n) is 4.51. The number of carbonyl (C=O) groups excluding carboxylic acids is 2. The lowest BCUT2D eigenvalue weighted by molar-refractivity contribution is 0.0527. The van der Waals surface area contributed by atoms with Gasteiger partial charge >= 0.3 is 5.97 Å². The lowest BCUT2D eigenvalue weighted by atomic mass is 10.2. The zero-order valence-electron chi connectivity index (χ0n) is 12.4. The summed E-state index contributed by atoms with van der Waals surface area (Å²) in [4.78, 5) is 24.1. The molecule has 21 heavy (non-hydrogen) atoms. The molecule has 1 amide bonds. The van der Waals surface area contributed by atoms with Crippen molar-refractivity contribution in [2.24, 2.45) is 14.1 Å². The topological polar surface area (TPSA) is 91.0 Å². The van der Waals surface area contributed by atoms with Crippen LogP contribution in [-0.2, 0) is 18.8 Å². The van der Waals surface area contributed by atoms with E-state index in [0.717, 1.165) is 0 Å². The van der Waals surface area contributed by atoms with Gasteiger partial charge in [0, 0.05) is 20.3 Å². The molecule has 0 spiro atoms. The molecule has 0 saturated carbocycles. The van der Waals surface area contributed by atoms with Gasteiger partial charge < -0.3 is 10.1 Å². The van der Waals surface area contributed by atoms with E-state index in [4.69, 9.17) is 4.74 Å². The molecule has 2 aromatic rings. The van der Waals surface area contributed by atoms with Gasteiger partial charge in [-0.1, -0.05) is 0 Å². The van der Waals surface area contributed by atoms with Crippen LogP contribution in [0.25, 0.3) is 0 Å². The van der Waals surface area contributed by atoms with Crippen LogP contribution in [0.2, 0.25) is 0 Å². The zero-order valence-corrected chi connectivity index (χ0v) is 12.4. The number of amides is 1. The minimum Gasteiger partial charge on any atom is -0.462 e. The van der Waals surface area contributed by atoms with Gasteiger partial charge in [-0.25, -0.2) is 4.79 Å². The lowest BCUT2D eigenvalue weighted by Gasteiger charge is -2.07. The number of rotatable bonds is 4. The maximum absolute atomic E-state index is 12.3. The molecule has 0 radical (unpaired) electrons. The Balaban J connectivity index is 2.27. The number of hydrogen-bond acceptors (Lipinski definition) is 5. The average Bonchev–Trinajstić information content (AvgIpc) is 2.93. The van der Waals surface area contributed by atoms with Crippen LogP contribution in [0.1, 0.15) is 33.3 Å². The minimum atomic E-state index is -0.524. The molecule has 2 rings (SSSR count). The molecule has 112 valence electrons. The molecule has 2 aromatic heterocycles. The average molecular weight is 291 g/mol. The first-order chi connectivity index (χ1) is 9.93. The number of ether oxygens (including phenoxy) is 1. The van der Waals surface area contributed by atoms with Crippen LogP contribution in [0.3, 0.4) is 0 Å². The molecule has 0 atom stereocenters. The molecule has 2 heterocycles. The molecular formula is C13H17N5O3. The third-order valence-electron chi connectivity index (χ3n) is 2.92. The van der Waals surface area contributed by atoms with Crippen LogP contribution in [0.4, 0.5) is 5.82 Å². The first-order valence-corrected chi connectivity index (χ1v) is 6.44. The van der Waals surface area contributed by atoms with Crippen molar-refractivity contribution < 1.29 is 14.3 Å². The second-order valence-corrected chi connectivity index (χ2v) is 4.51. The molecule has 0 aliphatic rings. The quantitative estimate of drug-likeness (QED) is 0.845. The first-order valence-electron chi connectivity index (χ1n) is 6.44. The van der Waals surface area contributed by atoms with Crippen molar-refractivity contribution in [1.82, 2.24) is 19.6 Å². The van der Waals surface area contributed by atoms with Crippen LogP contribution >= 0.6 is 0 Å². The van der Waals surface area contributed by atoms with E-state index in [1.165, 1.54) is 10.9 Å². The molecule has 0 aliphatic carbocycles. The normalized spacial score (nSPS) is 10.5.